The Hall–Kier alpha value is -2.16. The third-order valence-corrected chi connectivity index (χ3v) is 4.58. The molecule has 116 valence electrons. The highest BCUT2D eigenvalue weighted by Gasteiger charge is 2.52. The molecular formula is C18H19BN2O2. The number of nitriles is 1. The Kier molecular flexibility index (Phi) is 3.75. The number of pyridine rings is 1. The van der Waals surface area contributed by atoms with E-state index in [1.807, 2.05) is 58.0 Å². The van der Waals surface area contributed by atoms with E-state index in [4.69, 9.17) is 14.6 Å². The van der Waals surface area contributed by atoms with Crippen LogP contribution in [0, 0.1) is 11.3 Å². The van der Waals surface area contributed by atoms with Gasteiger partial charge in [-0.2, -0.15) is 5.26 Å². The van der Waals surface area contributed by atoms with Gasteiger partial charge in [-0.3, -0.25) is 4.98 Å². The van der Waals surface area contributed by atoms with Crippen molar-refractivity contribution in [2.75, 3.05) is 0 Å². The summed E-state index contributed by atoms with van der Waals surface area (Å²) in [6.07, 6.45) is 0. The third kappa shape index (κ3) is 2.88. The highest BCUT2D eigenvalue weighted by atomic mass is 16.7. The predicted octanol–water partition coefficient (Wildman–Crippen LogP) is 2.92. The Morgan fingerprint density at radius 2 is 1.57 bits per heavy atom. The van der Waals surface area contributed by atoms with Crippen molar-refractivity contribution in [3.8, 4) is 17.3 Å². The maximum atomic E-state index is 8.89. The fourth-order valence-corrected chi connectivity index (χ4v) is 2.42. The SMILES string of the molecule is CC1(C)OB(c2cccc(-c3ccc(C#N)cc3)n2)OC1(C)C. The first-order chi connectivity index (χ1) is 10.8. The summed E-state index contributed by atoms with van der Waals surface area (Å²) >= 11 is 0. The monoisotopic (exact) mass is 306 g/mol. The van der Waals surface area contributed by atoms with E-state index < -0.39 is 7.12 Å². The molecule has 0 atom stereocenters. The van der Waals surface area contributed by atoms with Crippen molar-refractivity contribution in [1.82, 2.24) is 4.98 Å². The lowest BCUT2D eigenvalue weighted by Gasteiger charge is -2.32. The highest BCUT2D eigenvalue weighted by molar-refractivity contribution is 6.61. The molecule has 2 heterocycles. The quantitative estimate of drug-likeness (QED) is 0.801. The average molecular weight is 306 g/mol. The second-order valence-corrected chi connectivity index (χ2v) is 6.73. The van der Waals surface area contributed by atoms with Crippen LogP contribution in [0.3, 0.4) is 0 Å². The van der Waals surface area contributed by atoms with Crippen LogP contribution in [0.1, 0.15) is 33.3 Å². The molecule has 23 heavy (non-hydrogen) atoms. The molecule has 1 fully saturated rings. The zero-order valence-corrected chi connectivity index (χ0v) is 13.8. The fraction of sp³-hybridized carbons (Fsp3) is 0.333. The largest absolute Gasteiger partial charge is 0.514 e. The van der Waals surface area contributed by atoms with Gasteiger partial charge in [0.1, 0.15) is 0 Å². The molecule has 0 amide bonds. The molecule has 3 rings (SSSR count). The van der Waals surface area contributed by atoms with Gasteiger partial charge in [-0.05, 0) is 52.0 Å². The van der Waals surface area contributed by atoms with Crippen molar-refractivity contribution in [2.24, 2.45) is 0 Å². The predicted molar refractivity (Wildman–Crippen MR) is 90.1 cm³/mol. The smallest absolute Gasteiger partial charge is 0.398 e. The molecule has 0 N–H and O–H groups in total. The average Bonchev–Trinajstić information content (AvgIpc) is 2.76. The zero-order valence-electron chi connectivity index (χ0n) is 13.8. The van der Waals surface area contributed by atoms with Gasteiger partial charge in [-0.1, -0.05) is 18.2 Å². The van der Waals surface area contributed by atoms with E-state index in [9.17, 15) is 0 Å². The van der Waals surface area contributed by atoms with Crippen LogP contribution in [0.25, 0.3) is 11.3 Å². The Labute approximate surface area is 137 Å². The Morgan fingerprint density at radius 3 is 2.13 bits per heavy atom. The van der Waals surface area contributed by atoms with Crippen LogP contribution in [-0.4, -0.2) is 23.3 Å². The lowest BCUT2D eigenvalue weighted by Crippen LogP contribution is -2.41. The summed E-state index contributed by atoms with van der Waals surface area (Å²) in [6.45, 7) is 8.10. The molecular weight excluding hydrogens is 287 g/mol. The molecule has 5 heteroatoms. The van der Waals surface area contributed by atoms with E-state index in [2.05, 4.69) is 11.1 Å². The van der Waals surface area contributed by atoms with Gasteiger partial charge in [0, 0.05) is 5.56 Å². The number of rotatable bonds is 2. The summed E-state index contributed by atoms with van der Waals surface area (Å²) in [4.78, 5) is 4.68. The van der Waals surface area contributed by atoms with Crippen LogP contribution in [-0.2, 0) is 9.31 Å². The van der Waals surface area contributed by atoms with Crippen molar-refractivity contribution in [3.05, 3.63) is 48.0 Å². The van der Waals surface area contributed by atoms with Crippen LogP contribution >= 0.6 is 0 Å². The summed E-state index contributed by atoms with van der Waals surface area (Å²) in [5.41, 5.74) is 2.42. The second-order valence-electron chi connectivity index (χ2n) is 6.73. The topological polar surface area (TPSA) is 55.1 Å². The number of nitrogens with zero attached hydrogens (tertiary/aromatic N) is 2. The van der Waals surface area contributed by atoms with E-state index in [-0.39, 0.29) is 11.2 Å². The maximum absolute atomic E-state index is 8.89. The van der Waals surface area contributed by atoms with Crippen molar-refractivity contribution in [1.29, 1.82) is 5.26 Å². The molecule has 1 aromatic heterocycles. The zero-order chi connectivity index (χ0) is 16.7. The third-order valence-electron chi connectivity index (χ3n) is 4.58. The molecule has 0 spiro atoms. The van der Waals surface area contributed by atoms with Crippen molar-refractivity contribution in [2.45, 2.75) is 38.9 Å². The minimum absolute atomic E-state index is 0.385. The van der Waals surface area contributed by atoms with Gasteiger partial charge >= 0.3 is 7.12 Å². The molecule has 1 aromatic carbocycles. The van der Waals surface area contributed by atoms with Crippen LogP contribution in [0.15, 0.2) is 42.5 Å². The number of aromatic nitrogens is 1. The Balaban J connectivity index is 1.90. The van der Waals surface area contributed by atoms with E-state index in [1.54, 1.807) is 12.1 Å². The van der Waals surface area contributed by atoms with E-state index in [0.717, 1.165) is 16.9 Å². The van der Waals surface area contributed by atoms with E-state index >= 15 is 0 Å². The summed E-state index contributed by atoms with van der Waals surface area (Å²) in [6, 6.07) is 15.3. The Morgan fingerprint density at radius 1 is 0.957 bits per heavy atom. The summed E-state index contributed by atoms with van der Waals surface area (Å²) in [5.74, 6) is 0. The van der Waals surface area contributed by atoms with Gasteiger partial charge in [0.25, 0.3) is 0 Å². The van der Waals surface area contributed by atoms with Crippen LogP contribution in [0.5, 0.6) is 0 Å². The van der Waals surface area contributed by atoms with Crippen LogP contribution < -0.4 is 5.59 Å². The molecule has 0 aliphatic carbocycles. The standard InChI is InChI=1S/C18H19BN2O2/c1-17(2)18(3,4)23-19(22-17)16-7-5-6-15(21-16)14-10-8-13(12-20)9-11-14/h5-11H,1-4H3. The van der Waals surface area contributed by atoms with Crippen molar-refractivity contribution < 1.29 is 9.31 Å². The maximum Gasteiger partial charge on any atom is 0.514 e. The summed E-state index contributed by atoms with van der Waals surface area (Å²) in [5, 5.41) is 8.89. The molecule has 2 aromatic rings. The molecule has 0 bridgehead atoms. The van der Waals surface area contributed by atoms with Crippen molar-refractivity contribution in [3.63, 3.8) is 0 Å². The molecule has 4 nitrogen and oxygen atoms in total. The number of hydrogen-bond donors (Lipinski definition) is 0. The minimum atomic E-state index is -0.474. The van der Waals surface area contributed by atoms with Gasteiger partial charge < -0.3 is 9.31 Å². The van der Waals surface area contributed by atoms with Crippen molar-refractivity contribution >= 4 is 12.7 Å². The lowest BCUT2D eigenvalue weighted by molar-refractivity contribution is 0.00578. The molecule has 0 radical (unpaired) electrons. The number of hydrogen-bond acceptors (Lipinski definition) is 4. The first-order valence-corrected chi connectivity index (χ1v) is 7.65. The van der Waals surface area contributed by atoms with Crippen LogP contribution in [0.2, 0.25) is 0 Å². The highest BCUT2D eigenvalue weighted by Crippen LogP contribution is 2.36. The summed E-state index contributed by atoms with van der Waals surface area (Å²) < 4.78 is 12.1. The van der Waals surface area contributed by atoms with Gasteiger partial charge in [0.15, 0.2) is 0 Å². The first kappa shape index (κ1) is 15.7. The molecule has 1 aliphatic heterocycles. The van der Waals surface area contributed by atoms with Crippen LogP contribution in [0.4, 0.5) is 0 Å². The normalized spacial score (nSPS) is 18.7. The van der Waals surface area contributed by atoms with E-state index in [1.165, 1.54) is 0 Å². The fourth-order valence-electron chi connectivity index (χ4n) is 2.42. The minimum Gasteiger partial charge on any atom is -0.398 e. The summed E-state index contributed by atoms with van der Waals surface area (Å²) in [7, 11) is -0.474. The first-order valence-electron chi connectivity index (χ1n) is 7.65. The Bertz CT molecular complexity index is 747. The van der Waals surface area contributed by atoms with Gasteiger partial charge in [-0.25, -0.2) is 0 Å². The second kappa shape index (κ2) is 5.49. The van der Waals surface area contributed by atoms with Gasteiger partial charge in [0.05, 0.1) is 34.1 Å². The molecule has 0 unspecified atom stereocenters. The van der Waals surface area contributed by atoms with Gasteiger partial charge in [0.2, 0.25) is 0 Å². The lowest BCUT2D eigenvalue weighted by atomic mass is 9.84. The van der Waals surface area contributed by atoms with Gasteiger partial charge in [-0.15, -0.1) is 0 Å². The molecule has 1 aliphatic rings. The molecule has 0 saturated carbocycles. The number of benzene rings is 1. The van der Waals surface area contributed by atoms with E-state index in [0.29, 0.717) is 5.56 Å². The molecule has 1 saturated heterocycles.